The highest BCUT2D eigenvalue weighted by atomic mass is 35.5. The van der Waals surface area contributed by atoms with Crippen LogP contribution in [0.3, 0.4) is 0 Å². The van der Waals surface area contributed by atoms with Crippen molar-refractivity contribution in [2.75, 3.05) is 13.1 Å². The van der Waals surface area contributed by atoms with Crippen molar-refractivity contribution in [2.24, 2.45) is 0 Å². The van der Waals surface area contributed by atoms with E-state index < -0.39 is 6.04 Å². The van der Waals surface area contributed by atoms with Gasteiger partial charge in [0.2, 0.25) is 5.89 Å². The molecule has 2 N–H and O–H groups in total. The van der Waals surface area contributed by atoms with Crippen LogP contribution in [0.5, 0.6) is 0 Å². The molecule has 0 bridgehead atoms. The van der Waals surface area contributed by atoms with Gasteiger partial charge in [0.1, 0.15) is 6.04 Å². The second-order valence-corrected chi connectivity index (χ2v) is 7.36. The van der Waals surface area contributed by atoms with Crippen LogP contribution in [0.1, 0.15) is 65.3 Å². The second-order valence-electron chi connectivity index (χ2n) is 7.36. The van der Waals surface area contributed by atoms with Crippen molar-refractivity contribution in [3.63, 3.8) is 0 Å². The summed E-state index contributed by atoms with van der Waals surface area (Å²) in [4.78, 5) is 17.1. The van der Waals surface area contributed by atoms with Crippen molar-refractivity contribution < 1.29 is 9.32 Å². The Hall–Kier alpha value is -2.78. The van der Waals surface area contributed by atoms with E-state index in [4.69, 9.17) is 4.52 Å². The van der Waals surface area contributed by atoms with Crippen LogP contribution in [-0.2, 0) is 6.42 Å². The number of carbonyl (C=O) groups is 1. The van der Waals surface area contributed by atoms with Crippen molar-refractivity contribution in [3.8, 4) is 0 Å². The van der Waals surface area contributed by atoms with E-state index in [0.29, 0.717) is 23.8 Å². The van der Waals surface area contributed by atoms with Gasteiger partial charge in [-0.05, 0) is 45.3 Å². The molecule has 4 rings (SSSR count). The van der Waals surface area contributed by atoms with Gasteiger partial charge in [0.15, 0.2) is 11.5 Å². The Morgan fingerprint density at radius 1 is 1.30 bits per heavy atom. The zero-order valence-electron chi connectivity index (χ0n) is 17.0. The average Bonchev–Trinajstić information content (AvgIpc) is 3.36. The topological polar surface area (TPSA) is 111 Å². The molecule has 1 aliphatic heterocycles. The minimum atomic E-state index is -0.428. The van der Waals surface area contributed by atoms with Gasteiger partial charge in [0.05, 0.1) is 11.7 Å². The van der Waals surface area contributed by atoms with E-state index in [1.807, 2.05) is 48.9 Å². The summed E-state index contributed by atoms with van der Waals surface area (Å²) in [5.74, 6) is 0.658. The Kier molecular flexibility index (Phi) is 7.17. The van der Waals surface area contributed by atoms with Gasteiger partial charge >= 0.3 is 0 Å². The number of hydrogen-bond acceptors (Lipinski definition) is 7. The molecule has 0 spiro atoms. The number of nitrogens with one attached hydrogen (secondary N) is 2. The lowest BCUT2D eigenvalue weighted by atomic mass is 10.1. The van der Waals surface area contributed by atoms with Gasteiger partial charge in [-0.15, -0.1) is 17.5 Å². The fourth-order valence-corrected chi connectivity index (χ4v) is 3.57. The number of nitrogens with zero attached hydrogens (tertiary/aromatic N) is 5. The Labute approximate surface area is 181 Å². The minimum Gasteiger partial charge on any atom is -0.339 e. The Balaban J connectivity index is 0.00000256. The van der Waals surface area contributed by atoms with E-state index in [1.54, 1.807) is 0 Å². The highest BCUT2D eigenvalue weighted by Gasteiger charge is 2.25. The van der Waals surface area contributed by atoms with Crippen LogP contribution in [-0.4, -0.2) is 44.1 Å². The zero-order chi connectivity index (χ0) is 20.2. The molecule has 0 saturated carbocycles. The summed E-state index contributed by atoms with van der Waals surface area (Å²) in [5, 5.41) is 18.6. The van der Waals surface area contributed by atoms with E-state index in [0.717, 1.165) is 37.2 Å². The quantitative estimate of drug-likeness (QED) is 0.616. The molecule has 9 nitrogen and oxygen atoms in total. The molecule has 0 radical (unpaired) electrons. The third kappa shape index (κ3) is 4.85. The van der Waals surface area contributed by atoms with Crippen molar-refractivity contribution in [2.45, 2.75) is 45.2 Å². The standard InChI is InChI=1S/C20H25N7O2.ClH/c1-13(20-23-17(25-29-20)12-15-6-4-3-5-7-15)22-19(28)18-14(2)27(26-24-18)16-8-10-21-11-9-16;/h3-7,13,16,21H,8-12H2,1-2H3,(H,22,28);1H. The summed E-state index contributed by atoms with van der Waals surface area (Å²) >= 11 is 0. The first-order chi connectivity index (χ1) is 14.1. The number of amides is 1. The van der Waals surface area contributed by atoms with Gasteiger partial charge in [-0.2, -0.15) is 4.98 Å². The molecule has 1 atom stereocenters. The fourth-order valence-electron chi connectivity index (χ4n) is 3.57. The van der Waals surface area contributed by atoms with E-state index in [9.17, 15) is 4.79 Å². The Morgan fingerprint density at radius 2 is 2.03 bits per heavy atom. The maximum atomic E-state index is 12.7. The zero-order valence-corrected chi connectivity index (χ0v) is 17.9. The van der Waals surface area contributed by atoms with Gasteiger partial charge in [-0.1, -0.05) is 40.7 Å². The van der Waals surface area contributed by atoms with Crippen LogP contribution >= 0.6 is 12.4 Å². The molecule has 1 unspecified atom stereocenters. The van der Waals surface area contributed by atoms with Crippen LogP contribution in [0.2, 0.25) is 0 Å². The van der Waals surface area contributed by atoms with Crippen molar-refractivity contribution in [1.29, 1.82) is 0 Å². The average molecular weight is 432 g/mol. The second kappa shape index (κ2) is 9.82. The van der Waals surface area contributed by atoms with E-state index in [1.165, 1.54) is 0 Å². The molecular formula is C20H26ClN7O2. The fraction of sp³-hybridized carbons (Fsp3) is 0.450. The third-order valence-electron chi connectivity index (χ3n) is 5.20. The molecule has 1 aliphatic rings. The summed E-state index contributed by atoms with van der Waals surface area (Å²) in [6, 6.07) is 9.77. The van der Waals surface area contributed by atoms with Crippen LogP contribution in [0.25, 0.3) is 0 Å². The van der Waals surface area contributed by atoms with Crippen LogP contribution in [0.15, 0.2) is 34.9 Å². The van der Waals surface area contributed by atoms with E-state index >= 15 is 0 Å². The highest BCUT2D eigenvalue weighted by molar-refractivity contribution is 5.93. The minimum absolute atomic E-state index is 0. The van der Waals surface area contributed by atoms with Gasteiger partial charge in [-0.3, -0.25) is 4.79 Å². The molecule has 30 heavy (non-hydrogen) atoms. The van der Waals surface area contributed by atoms with Crippen LogP contribution in [0.4, 0.5) is 0 Å². The van der Waals surface area contributed by atoms with Gasteiger partial charge < -0.3 is 15.2 Å². The smallest absolute Gasteiger partial charge is 0.274 e. The largest absolute Gasteiger partial charge is 0.339 e. The number of aromatic nitrogens is 5. The lowest BCUT2D eigenvalue weighted by Crippen LogP contribution is -2.31. The van der Waals surface area contributed by atoms with Gasteiger partial charge in [0, 0.05) is 6.42 Å². The molecule has 160 valence electrons. The molecule has 1 aromatic carbocycles. The first-order valence-corrected chi connectivity index (χ1v) is 9.91. The SMILES string of the molecule is Cc1c(C(=O)NC(C)c2nc(Cc3ccccc3)no2)nnn1C1CCNCC1.Cl. The summed E-state index contributed by atoms with van der Waals surface area (Å²) in [7, 11) is 0. The summed E-state index contributed by atoms with van der Waals surface area (Å²) < 4.78 is 7.21. The third-order valence-corrected chi connectivity index (χ3v) is 5.20. The predicted molar refractivity (Wildman–Crippen MR) is 113 cm³/mol. The molecular weight excluding hydrogens is 406 g/mol. The lowest BCUT2D eigenvalue weighted by Gasteiger charge is -2.23. The van der Waals surface area contributed by atoms with Gasteiger partial charge in [-0.25, -0.2) is 4.68 Å². The van der Waals surface area contributed by atoms with Crippen molar-refractivity contribution in [1.82, 2.24) is 35.8 Å². The summed E-state index contributed by atoms with van der Waals surface area (Å²) in [5.41, 5.74) is 2.21. The molecule has 1 saturated heterocycles. The van der Waals surface area contributed by atoms with Crippen LogP contribution < -0.4 is 10.6 Å². The molecule has 1 fully saturated rings. The van der Waals surface area contributed by atoms with Gasteiger partial charge in [0.25, 0.3) is 5.91 Å². The number of rotatable bonds is 6. The molecule has 10 heteroatoms. The lowest BCUT2D eigenvalue weighted by molar-refractivity contribution is 0.0926. The number of piperidine rings is 1. The molecule has 2 aromatic heterocycles. The number of benzene rings is 1. The Morgan fingerprint density at radius 3 is 2.77 bits per heavy atom. The summed E-state index contributed by atoms with van der Waals surface area (Å²) in [6.45, 7) is 5.59. The van der Waals surface area contributed by atoms with E-state index in [-0.39, 0.29) is 24.4 Å². The molecule has 1 amide bonds. The first kappa shape index (κ1) is 21.9. The van der Waals surface area contributed by atoms with Crippen molar-refractivity contribution in [3.05, 3.63) is 59.0 Å². The normalized spacial score (nSPS) is 15.4. The predicted octanol–water partition coefficient (Wildman–Crippen LogP) is 2.40. The summed E-state index contributed by atoms with van der Waals surface area (Å²) in [6.07, 6.45) is 2.54. The maximum Gasteiger partial charge on any atom is 0.274 e. The molecule has 0 aliphatic carbocycles. The number of carbonyl (C=O) groups excluding carboxylic acids is 1. The number of hydrogen-bond donors (Lipinski definition) is 2. The monoisotopic (exact) mass is 431 g/mol. The first-order valence-electron chi connectivity index (χ1n) is 9.91. The Bertz CT molecular complexity index is 967. The maximum absolute atomic E-state index is 12.7. The highest BCUT2D eigenvalue weighted by Crippen LogP contribution is 2.21. The van der Waals surface area contributed by atoms with Crippen LogP contribution in [0, 0.1) is 6.92 Å². The van der Waals surface area contributed by atoms with Crippen molar-refractivity contribution >= 4 is 18.3 Å². The molecule has 3 heterocycles. The molecule has 3 aromatic rings. The van der Waals surface area contributed by atoms with E-state index in [2.05, 4.69) is 31.1 Å². The number of halogens is 1.